The molecule has 9 nitrogen and oxygen atoms in total. The van der Waals surface area contributed by atoms with Crippen LogP contribution in [0.25, 0.3) is 0 Å². The minimum absolute atomic E-state index is 0.0181. The maximum Gasteiger partial charge on any atom is 0.227 e. The summed E-state index contributed by atoms with van der Waals surface area (Å²) < 4.78 is 16.2. The van der Waals surface area contributed by atoms with Crippen molar-refractivity contribution in [3.8, 4) is 11.5 Å². The number of ether oxygens (including phenoxy) is 2. The van der Waals surface area contributed by atoms with Gasteiger partial charge in [-0.25, -0.2) is 4.98 Å². The molecular weight excluding hydrogens is 494 g/mol. The summed E-state index contributed by atoms with van der Waals surface area (Å²) in [6.07, 6.45) is 2.63. The molecule has 2 aliphatic rings. The molecule has 2 aromatic heterocycles. The van der Waals surface area contributed by atoms with Gasteiger partial charge in [0.15, 0.2) is 5.78 Å². The molecule has 1 aliphatic heterocycles. The number of carbonyl (C=O) groups excluding carboxylic acids is 1. The molecule has 1 unspecified atom stereocenters. The maximum absolute atomic E-state index is 13.4. The van der Waals surface area contributed by atoms with Crippen LogP contribution in [0, 0.1) is 0 Å². The lowest BCUT2D eigenvalue weighted by molar-refractivity contribution is 0.0959. The van der Waals surface area contributed by atoms with Crippen LogP contribution < -0.4 is 24.6 Å². The van der Waals surface area contributed by atoms with Crippen molar-refractivity contribution in [1.29, 1.82) is 0 Å². The molecule has 0 spiro atoms. The van der Waals surface area contributed by atoms with E-state index in [0.29, 0.717) is 30.2 Å². The van der Waals surface area contributed by atoms with E-state index in [4.69, 9.17) is 23.9 Å². The van der Waals surface area contributed by atoms with E-state index in [1.165, 1.54) is 0 Å². The molecule has 1 N–H and O–H groups in total. The van der Waals surface area contributed by atoms with E-state index in [-0.39, 0.29) is 11.7 Å². The Labute approximate surface area is 227 Å². The fourth-order valence-electron chi connectivity index (χ4n) is 5.29. The maximum atomic E-state index is 13.4. The van der Waals surface area contributed by atoms with Crippen molar-refractivity contribution < 1.29 is 18.7 Å². The van der Waals surface area contributed by atoms with Crippen molar-refractivity contribution in [3.63, 3.8) is 0 Å². The molecule has 6 rings (SSSR count). The number of fused-ring (bicyclic) bond motifs is 1. The number of furan rings is 1. The zero-order chi connectivity index (χ0) is 26.8. The van der Waals surface area contributed by atoms with E-state index in [1.54, 1.807) is 20.5 Å². The largest absolute Gasteiger partial charge is 0.497 e. The summed E-state index contributed by atoms with van der Waals surface area (Å²) in [6, 6.07) is 19.5. The lowest BCUT2D eigenvalue weighted by Crippen LogP contribution is -2.47. The zero-order valence-corrected chi connectivity index (χ0v) is 22.1. The Morgan fingerprint density at radius 1 is 0.846 bits per heavy atom. The normalized spacial score (nSPS) is 17.1. The van der Waals surface area contributed by atoms with Crippen LogP contribution in [-0.4, -0.2) is 56.1 Å². The number of anilines is 4. The number of piperazine rings is 1. The highest BCUT2D eigenvalue weighted by atomic mass is 16.5. The van der Waals surface area contributed by atoms with Crippen molar-refractivity contribution in [2.45, 2.75) is 18.8 Å². The van der Waals surface area contributed by atoms with Crippen molar-refractivity contribution >= 4 is 28.9 Å². The monoisotopic (exact) mass is 525 g/mol. The second-order valence-electron chi connectivity index (χ2n) is 9.76. The van der Waals surface area contributed by atoms with Gasteiger partial charge in [-0.05, 0) is 60.7 Å². The molecule has 0 radical (unpaired) electrons. The van der Waals surface area contributed by atoms with Crippen LogP contribution in [0.2, 0.25) is 0 Å². The van der Waals surface area contributed by atoms with Gasteiger partial charge in [0.25, 0.3) is 0 Å². The number of nitrogens with zero attached hydrogens (tertiary/aromatic N) is 4. The number of carbonyl (C=O) groups is 1. The molecule has 9 heteroatoms. The SMILES string of the molecule is COc1ccc(Nc2nc(N3CCN(c4ccc(OC)cc4)CC3)nc3c2C(=O)CC(c2ccco2)C3)cc1. The molecule has 1 saturated heterocycles. The van der Waals surface area contributed by atoms with Crippen LogP contribution in [0.4, 0.5) is 23.1 Å². The number of methoxy groups -OCH3 is 2. The van der Waals surface area contributed by atoms with Gasteiger partial charge in [-0.1, -0.05) is 0 Å². The highest BCUT2D eigenvalue weighted by molar-refractivity contribution is 6.03. The summed E-state index contributed by atoms with van der Waals surface area (Å²) in [7, 11) is 3.31. The lowest BCUT2D eigenvalue weighted by atomic mass is 9.84. The van der Waals surface area contributed by atoms with E-state index < -0.39 is 0 Å². The van der Waals surface area contributed by atoms with Crippen LogP contribution in [-0.2, 0) is 6.42 Å². The number of aromatic nitrogens is 2. The van der Waals surface area contributed by atoms with Gasteiger partial charge in [0.1, 0.15) is 23.1 Å². The van der Waals surface area contributed by atoms with Gasteiger partial charge >= 0.3 is 0 Å². The molecule has 39 heavy (non-hydrogen) atoms. The highest BCUT2D eigenvalue weighted by Crippen LogP contribution is 2.37. The van der Waals surface area contributed by atoms with Crippen LogP contribution in [0.1, 0.15) is 34.2 Å². The lowest BCUT2D eigenvalue weighted by Gasteiger charge is -2.36. The Hall–Kier alpha value is -4.53. The van der Waals surface area contributed by atoms with E-state index in [0.717, 1.165) is 60.5 Å². The van der Waals surface area contributed by atoms with Gasteiger partial charge in [-0.3, -0.25) is 4.79 Å². The van der Waals surface area contributed by atoms with Gasteiger partial charge in [0, 0.05) is 56.3 Å². The molecule has 1 fully saturated rings. The number of hydrogen-bond acceptors (Lipinski definition) is 9. The van der Waals surface area contributed by atoms with Crippen LogP contribution in [0.15, 0.2) is 71.3 Å². The van der Waals surface area contributed by atoms with Crippen LogP contribution in [0.3, 0.4) is 0 Å². The smallest absolute Gasteiger partial charge is 0.227 e. The Balaban J connectivity index is 1.29. The van der Waals surface area contributed by atoms with Crippen molar-refractivity contribution in [1.82, 2.24) is 9.97 Å². The molecule has 4 aromatic rings. The van der Waals surface area contributed by atoms with Crippen LogP contribution >= 0.6 is 0 Å². The number of Topliss-reactive ketones (excluding diaryl/α,β-unsaturated/α-hetero) is 1. The van der Waals surface area contributed by atoms with E-state index in [9.17, 15) is 4.79 Å². The van der Waals surface area contributed by atoms with Gasteiger partial charge < -0.3 is 29.0 Å². The van der Waals surface area contributed by atoms with Gasteiger partial charge in [-0.2, -0.15) is 4.98 Å². The van der Waals surface area contributed by atoms with Crippen LogP contribution in [0.5, 0.6) is 11.5 Å². The van der Waals surface area contributed by atoms with E-state index in [1.807, 2.05) is 48.5 Å². The third kappa shape index (κ3) is 5.12. The Morgan fingerprint density at radius 2 is 1.51 bits per heavy atom. The topological polar surface area (TPSA) is 93.0 Å². The Bertz CT molecular complexity index is 1430. The number of hydrogen-bond donors (Lipinski definition) is 1. The second-order valence-corrected chi connectivity index (χ2v) is 9.76. The van der Waals surface area contributed by atoms with Gasteiger partial charge in [0.05, 0.1) is 31.7 Å². The first kappa shape index (κ1) is 24.8. The standard InChI is InChI=1S/C30H31N5O4/c1-37-23-9-5-21(6-10-23)31-29-28-25(18-20(19-26(28)36)27-4-3-17-39-27)32-30(33-29)35-15-13-34(14-16-35)22-7-11-24(38-2)12-8-22/h3-12,17,20H,13-16,18-19H2,1-2H3,(H,31,32,33). The molecule has 0 bridgehead atoms. The molecule has 1 aliphatic carbocycles. The molecule has 3 heterocycles. The fraction of sp³-hybridized carbons (Fsp3) is 0.300. The number of benzene rings is 2. The molecule has 0 saturated carbocycles. The third-order valence-corrected chi connectivity index (χ3v) is 7.42. The molecular formula is C30H31N5O4. The van der Waals surface area contributed by atoms with Crippen molar-refractivity contribution in [2.24, 2.45) is 0 Å². The zero-order valence-electron chi connectivity index (χ0n) is 22.1. The van der Waals surface area contributed by atoms with E-state index in [2.05, 4.69) is 27.2 Å². The van der Waals surface area contributed by atoms with Crippen molar-refractivity contribution in [2.75, 3.05) is 55.5 Å². The molecule has 0 amide bonds. The molecule has 200 valence electrons. The summed E-state index contributed by atoms with van der Waals surface area (Å²) in [5.74, 6) is 3.57. The summed E-state index contributed by atoms with van der Waals surface area (Å²) in [4.78, 5) is 27.8. The minimum atomic E-state index is -0.0384. The molecule has 1 atom stereocenters. The summed E-state index contributed by atoms with van der Waals surface area (Å²) in [6.45, 7) is 3.20. The number of ketones is 1. The van der Waals surface area contributed by atoms with Crippen molar-refractivity contribution in [3.05, 3.63) is 83.9 Å². The predicted molar refractivity (Wildman–Crippen MR) is 150 cm³/mol. The first-order valence-corrected chi connectivity index (χ1v) is 13.1. The van der Waals surface area contributed by atoms with Gasteiger partial charge in [-0.15, -0.1) is 0 Å². The summed E-state index contributed by atoms with van der Waals surface area (Å²) >= 11 is 0. The third-order valence-electron chi connectivity index (χ3n) is 7.42. The quantitative estimate of drug-likeness (QED) is 0.355. The average molecular weight is 526 g/mol. The summed E-state index contributed by atoms with van der Waals surface area (Å²) in [5, 5.41) is 3.39. The fourth-order valence-corrected chi connectivity index (χ4v) is 5.29. The first-order chi connectivity index (χ1) is 19.1. The average Bonchev–Trinajstić information content (AvgIpc) is 3.53. The predicted octanol–water partition coefficient (Wildman–Crippen LogP) is 5.07. The number of rotatable bonds is 7. The first-order valence-electron chi connectivity index (χ1n) is 13.1. The number of nitrogens with one attached hydrogen (secondary N) is 1. The Kier molecular flexibility index (Phi) is 6.79. The Morgan fingerprint density at radius 3 is 2.15 bits per heavy atom. The second kappa shape index (κ2) is 10.7. The van der Waals surface area contributed by atoms with Gasteiger partial charge in [0.2, 0.25) is 5.95 Å². The molecule has 2 aromatic carbocycles. The minimum Gasteiger partial charge on any atom is -0.497 e. The highest BCUT2D eigenvalue weighted by Gasteiger charge is 2.33. The summed E-state index contributed by atoms with van der Waals surface area (Å²) in [5.41, 5.74) is 3.31. The van der Waals surface area contributed by atoms with E-state index >= 15 is 0 Å².